The molecule has 0 bridgehead atoms. The van der Waals surface area contributed by atoms with Crippen molar-refractivity contribution in [3.63, 3.8) is 0 Å². The van der Waals surface area contributed by atoms with Gasteiger partial charge in [0.05, 0.1) is 5.76 Å². The first-order valence-electron chi connectivity index (χ1n) is 15.7. The van der Waals surface area contributed by atoms with Crippen molar-refractivity contribution in [2.75, 3.05) is 0 Å². The van der Waals surface area contributed by atoms with Crippen LogP contribution in [0.2, 0.25) is 0 Å². The zero-order valence-corrected chi connectivity index (χ0v) is 29.4. The third-order valence-electron chi connectivity index (χ3n) is 8.88. The zero-order chi connectivity index (χ0) is 30.6. The van der Waals surface area contributed by atoms with Gasteiger partial charge in [-0.3, -0.25) is 9.78 Å². The fourth-order valence-corrected chi connectivity index (χ4v) is 6.31. The Labute approximate surface area is 271 Å². The van der Waals surface area contributed by atoms with E-state index in [9.17, 15) is 9.90 Å². The SMILES string of the molecule is CC(C)Cc1cc2c3c(nccc3c1)-c1[c-]c3ncccc3cc1C2(C)C.CCC(CC)C(=O)/C=C(\O)C(CC)CC.[Ir]. The van der Waals surface area contributed by atoms with Gasteiger partial charge in [-0.1, -0.05) is 85.0 Å². The Kier molecular flexibility index (Phi) is 11.9. The van der Waals surface area contributed by atoms with Gasteiger partial charge in [-0.05, 0) is 82.6 Å². The molecule has 5 heteroatoms. The van der Waals surface area contributed by atoms with Gasteiger partial charge in [0, 0.05) is 50.4 Å². The van der Waals surface area contributed by atoms with E-state index >= 15 is 0 Å². The first-order chi connectivity index (χ1) is 20.0. The first kappa shape index (κ1) is 34.6. The van der Waals surface area contributed by atoms with Crippen LogP contribution < -0.4 is 0 Å². The number of ketones is 1. The summed E-state index contributed by atoms with van der Waals surface area (Å²) >= 11 is 0. The molecule has 1 N–H and O–H groups in total. The van der Waals surface area contributed by atoms with Crippen molar-refractivity contribution >= 4 is 27.5 Å². The van der Waals surface area contributed by atoms with Gasteiger partial charge in [-0.2, -0.15) is 0 Å². The smallest absolute Gasteiger partial charge is 0.162 e. The molecule has 43 heavy (non-hydrogen) atoms. The molecular formula is C38H47IrN2O2-. The van der Waals surface area contributed by atoms with Gasteiger partial charge in [0.15, 0.2) is 5.78 Å². The van der Waals surface area contributed by atoms with Gasteiger partial charge < -0.3 is 10.1 Å². The quantitative estimate of drug-likeness (QED) is 0.105. The zero-order valence-electron chi connectivity index (χ0n) is 27.0. The van der Waals surface area contributed by atoms with E-state index in [0.717, 1.165) is 54.3 Å². The van der Waals surface area contributed by atoms with Crippen molar-refractivity contribution in [1.29, 1.82) is 0 Å². The molecule has 0 spiro atoms. The van der Waals surface area contributed by atoms with E-state index in [2.05, 4.69) is 69.1 Å². The Balaban J connectivity index is 0.000000274. The monoisotopic (exact) mass is 756 g/mol. The second kappa shape index (κ2) is 14.7. The third kappa shape index (κ3) is 7.27. The predicted molar refractivity (Wildman–Crippen MR) is 176 cm³/mol. The number of nitrogens with zero attached hydrogens (tertiary/aromatic N) is 2. The fourth-order valence-electron chi connectivity index (χ4n) is 6.31. The molecule has 2 aromatic carbocycles. The summed E-state index contributed by atoms with van der Waals surface area (Å²) in [6, 6.07) is 16.9. The number of pyridine rings is 2. The molecule has 0 fully saturated rings. The molecule has 5 rings (SSSR count). The van der Waals surface area contributed by atoms with Crippen molar-refractivity contribution in [2.24, 2.45) is 17.8 Å². The molecular weight excluding hydrogens is 709 g/mol. The minimum Gasteiger partial charge on any atom is -0.512 e. The molecule has 1 aliphatic carbocycles. The number of aliphatic hydroxyl groups excluding tert-OH is 1. The van der Waals surface area contributed by atoms with Crippen LogP contribution in [-0.2, 0) is 36.7 Å². The second-order valence-corrected chi connectivity index (χ2v) is 12.6. The van der Waals surface area contributed by atoms with Crippen LogP contribution in [0.25, 0.3) is 32.9 Å². The first-order valence-corrected chi connectivity index (χ1v) is 15.7. The normalized spacial score (nSPS) is 13.6. The van der Waals surface area contributed by atoms with Gasteiger partial charge >= 0.3 is 0 Å². The van der Waals surface area contributed by atoms with E-state index in [1.807, 2.05) is 46.2 Å². The standard InChI is InChI=1S/C25H23N2.C13H24O2.Ir/c1-15(2)10-16-11-18-7-9-27-24-19-14-22-17(6-5-8-26-22)13-20(19)25(3,4)21(12-16)23(18)24;1-5-10(6-2)12(14)9-13(15)11(7-3)8-4;/h5-9,11-13,15H,10H2,1-4H3;9-11,14H,5-8H2,1-4H3;/q-1;;/b;12-9-;. The summed E-state index contributed by atoms with van der Waals surface area (Å²) in [7, 11) is 0. The number of aliphatic hydroxyl groups is 1. The van der Waals surface area contributed by atoms with E-state index in [-0.39, 0.29) is 48.9 Å². The molecule has 4 aromatic rings. The number of allylic oxidation sites excluding steroid dienone is 2. The molecule has 0 saturated heterocycles. The van der Waals surface area contributed by atoms with E-state index in [0.29, 0.717) is 5.92 Å². The van der Waals surface area contributed by atoms with E-state index in [1.54, 1.807) is 0 Å². The van der Waals surface area contributed by atoms with Gasteiger partial charge in [-0.25, -0.2) is 0 Å². The summed E-state index contributed by atoms with van der Waals surface area (Å²) in [5.74, 6) is 1.18. The van der Waals surface area contributed by atoms with Gasteiger partial charge in [-0.15, -0.1) is 23.3 Å². The Morgan fingerprint density at radius 3 is 2.21 bits per heavy atom. The molecule has 2 heterocycles. The minimum atomic E-state index is -0.100. The number of aromatic nitrogens is 2. The summed E-state index contributed by atoms with van der Waals surface area (Å²) in [6.07, 6.45) is 9.76. The maximum Gasteiger partial charge on any atom is 0.162 e. The Hall–Kier alpha value is -2.88. The summed E-state index contributed by atoms with van der Waals surface area (Å²) in [6.45, 7) is 17.3. The molecule has 0 atom stereocenters. The topological polar surface area (TPSA) is 63.1 Å². The Morgan fingerprint density at radius 1 is 0.907 bits per heavy atom. The maximum atomic E-state index is 11.7. The van der Waals surface area contributed by atoms with Crippen LogP contribution in [0.1, 0.15) is 97.8 Å². The summed E-state index contributed by atoms with van der Waals surface area (Å²) in [5.41, 5.74) is 7.02. The molecule has 0 amide bonds. The average molecular weight is 756 g/mol. The summed E-state index contributed by atoms with van der Waals surface area (Å²) in [5, 5.41) is 13.4. The van der Waals surface area contributed by atoms with Gasteiger partial charge in [0.2, 0.25) is 0 Å². The molecule has 1 radical (unpaired) electrons. The summed E-state index contributed by atoms with van der Waals surface area (Å²) < 4.78 is 0. The van der Waals surface area contributed by atoms with Crippen LogP contribution in [0, 0.1) is 23.8 Å². The van der Waals surface area contributed by atoms with Crippen LogP contribution in [0.15, 0.2) is 60.6 Å². The number of hydrogen-bond acceptors (Lipinski definition) is 4. The number of carbonyl (C=O) groups is 1. The van der Waals surface area contributed by atoms with Gasteiger partial charge in [0.25, 0.3) is 0 Å². The number of rotatable bonds is 9. The van der Waals surface area contributed by atoms with Crippen molar-refractivity contribution < 1.29 is 30.0 Å². The molecule has 0 saturated carbocycles. The number of benzene rings is 2. The Morgan fingerprint density at radius 2 is 1.58 bits per heavy atom. The van der Waals surface area contributed by atoms with E-state index in [1.165, 1.54) is 33.5 Å². The van der Waals surface area contributed by atoms with Crippen molar-refractivity contribution in [2.45, 2.75) is 92.9 Å². The largest absolute Gasteiger partial charge is 0.512 e. The molecule has 231 valence electrons. The molecule has 4 nitrogen and oxygen atoms in total. The number of carbonyl (C=O) groups excluding carboxylic acids is 1. The Bertz CT molecular complexity index is 1600. The van der Waals surface area contributed by atoms with E-state index in [4.69, 9.17) is 4.98 Å². The van der Waals surface area contributed by atoms with Crippen LogP contribution in [0.4, 0.5) is 0 Å². The second-order valence-electron chi connectivity index (χ2n) is 12.6. The molecule has 0 aliphatic heterocycles. The summed E-state index contributed by atoms with van der Waals surface area (Å²) in [4.78, 5) is 21.0. The fraction of sp³-hybridized carbons (Fsp3) is 0.447. The predicted octanol–water partition coefficient (Wildman–Crippen LogP) is 9.96. The van der Waals surface area contributed by atoms with Crippen LogP contribution in [-0.4, -0.2) is 20.9 Å². The number of hydrogen-bond donors (Lipinski definition) is 1. The van der Waals surface area contributed by atoms with Crippen LogP contribution in [0.5, 0.6) is 0 Å². The molecule has 0 unspecified atom stereocenters. The number of fused-ring (bicyclic) bond motifs is 3. The minimum absolute atomic E-state index is 0. The average Bonchev–Trinajstić information content (AvgIpc) is 2.96. The van der Waals surface area contributed by atoms with Crippen LogP contribution in [0.3, 0.4) is 0 Å². The van der Waals surface area contributed by atoms with Crippen LogP contribution >= 0.6 is 0 Å². The van der Waals surface area contributed by atoms with Crippen molar-refractivity contribution in [1.82, 2.24) is 9.97 Å². The van der Waals surface area contributed by atoms with E-state index < -0.39 is 0 Å². The van der Waals surface area contributed by atoms with Crippen molar-refractivity contribution in [3.05, 3.63) is 83.4 Å². The van der Waals surface area contributed by atoms with Gasteiger partial charge in [0.1, 0.15) is 0 Å². The maximum absolute atomic E-state index is 11.7. The van der Waals surface area contributed by atoms with Crippen molar-refractivity contribution in [3.8, 4) is 11.3 Å². The third-order valence-corrected chi connectivity index (χ3v) is 8.88. The molecule has 1 aliphatic rings. The molecule has 2 aromatic heterocycles.